The van der Waals surface area contributed by atoms with Crippen LogP contribution in [0.2, 0.25) is 0 Å². The number of carbonyl (C=O) groups is 1. The third kappa shape index (κ3) is 4.85. The van der Waals surface area contributed by atoms with Crippen molar-refractivity contribution >= 4 is 5.91 Å². The minimum absolute atomic E-state index is 0.0823. The summed E-state index contributed by atoms with van der Waals surface area (Å²) >= 11 is 0. The van der Waals surface area contributed by atoms with Gasteiger partial charge in [0.25, 0.3) is 5.91 Å². The molecule has 0 fully saturated rings. The molecule has 0 aliphatic heterocycles. The molecule has 18 heavy (non-hydrogen) atoms. The van der Waals surface area contributed by atoms with Crippen molar-refractivity contribution in [1.29, 1.82) is 0 Å². The van der Waals surface area contributed by atoms with E-state index < -0.39 is 0 Å². The van der Waals surface area contributed by atoms with E-state index in [4.69, 9.17) is 5.11 Å². The molecule has 1 rings (SSSR count). The smallest absolute Gasteiger partial charge is 0.251 e. The first-order valence-electron chi connectivity index (χ1n) is 6.15. The van der Waals surface area contributed by atoms with Crippen LogP contribution in [0.3, 0.4) is 0 Å². The number of amides is 1. The van der Waals surface area contributed by atoms with Gasteiger partial charge in [0.15, 0.2) is 0 Å². The van der Waals surface area contributed by atoms with Gasteiger partial charge in [0.1, 0.15) is 0 Å². The van der Waals surface area contributed by atoms with Gasteiger partial charge in [-0.15, -0.1) is 0 Å². The monoisotopic (exact) mass is 250 g/mol. The number of rotatable bonds is 6. The molecular formula is C14H22N2O2. The number of nitrogens with one attached hydrogen (secondary N) is 1. The number of benzene rings is 1. The number of aliphatic hydroxyl groups excluding tert-OH is 1. The second-order valence-corrected chi connectivity index (χ2v) is 4.94. The normalized spacial score (nSPS) is 12.5. The molecule has 1 unspecified atom stereocenters. The maximum absolute atomic E-state index is 11.9. The van der Waals surface area contributed by atoms with E-state index in [2.05, 4.69) is 10.2 Å². The highest BCUT2D eigenvalue weighted by Crippen LogP contribution is 2.07. The molecule has 1 amide bonds. The molecule has 0 aliphatic carbocycles. The Labute approximate surface area is 109 Å². The summed E-state index contributed by atoms with van der Waals surface area (Å²) in [6.45, 7) is 3.28. The van der Waals surface area contributed by atoms with Gasteiger partial charge >= 0.3 is 0 Å². The highest BCUT2D eigenvalue weighted by molar-refractivity contribution is 5.94. The lowest BCUT2D eigenvalue weighted by Crippen LogP contribution is -2.29. The Morgan fingerprint density at radius 2 is 2.17 bits per heavy atom. The summed E-state index contributed by atoms with van der Waals surface area (Å²) in [5, 5.41) is 11.7. The zero-order valence-electron chi connectivity index (χ0n) is 11.3. The molecule has 0 spiro atoms. The fourth-order valence-electron chi connectivity index (χ4n) is 1.61. The molecule has 4 heteroatoms. The predicted octanol–water partition coefficient (Wildman–Crippen LogP) is 1.11. The molecule has 2 N–H and O–H groups in total. The Kier molecular flexibility index (Phi) is 5.82. The minimum Gasteiger partial charge on any atom is -0.396 e. The summed E-state index contributed by atoms with van der Waals surface area (Å²) in [7, 11) is 3.99. The molecule has 0 radical (unpaired) electrons. The summed E-state index contributed by atoms with van der Waals surface area (Å²) in [4.78, 5) is 14.0. The second kappa shape index (κ2) is 7.13. The lowest BCUT2D eigenvalue weighted by Gasteiger charge is -2.12. The van der Waals surface area contributed by atoms with E-state index in [1.165, 1.54) is 0 Å². The van der Waals surface area contributed by atoms with Crippen LogP contribution in [0.4, 0.5) is 0 Å². The molecule has 0 bridgehead atoms. The van der Waals surface area contributed by atoms with Crippen molar-refractivity contribution in [3.8, 4) is 0 Å². The van der Waals surface area contributed by atoms with Gasteiger partial charge in [-0.25, -0.2) is 0 Å². The van der Waals surface area contributed by atoms with Crippen molar-refractivity contribution in [2.75, 3.05) is 27.2 Å². The first-order valence-corrected chi connectivity index (χ1v) is 6.15. The Hall–Kier alpha value is -1.39. The van der Waals surface area contributed by atoms with Gasteiger partial charge in [0, 0.05) is 25.3 Å². The highest BCUT2D eigenvalue weighted by atomic mass is 16.3. The molecule has 0 aromatic heterocycles. The molecule has 0 saturated heterocycles. The number of hydrogen-bond acceptors (Lipinski definition) is 3. The number of nitrogens with zero attached hydrogens (tertiary/aromatic N) is 1. The van der Waals surface area contributed by atoms with Crippen LogP contribution in [-0.4, -0.2) is 43.2 Å². The van der Waals surface area contributed by atoms with Crippen LogP contribution >= 0.6 is 0 Å². The summed E-state index contributed by atoms with van der Waals surface area (Å²) in [6, 6.07) is 7.60. The van der Waals surface area contributed by atoms with Gasteiger partial charge in [-0.1, -0.05) is 19.1 Å². The third-order valence-electron chi connectivity index (χ3n) is 2.61. The van der Waals surface area contributed by atoms with E-state index in [0.717, 1.165) is 12.1 Å². The average molecular weight is 250 g/mol. The van der Waals surface area contributed by atoms with Crippen molar-refractivity contribution in [2.45, 2.75) is 13.5 Å². The largest absolute Gasteiger partial charge is 0.396 e. The maximum atomic E-state index is 11.9. The van der Waals surface area contributed by atoms with Crippen LogP contribution in [0.15, 0.2) is 24.3 Å². The number of hydrogen-bond donors (Lipinski definition) is 2. The van der Waals surface area contributed by atoms with E-state index in [9.17, 15) is 4.79 Å². The fraction of sp³-hybridized carbons (Fsp3) is 0.500. The Balaban J connectivity index is 2.62. The summed E-state index contributed by atoms with van der Waals surface area (Å²) in [5.74, 6) is -0.00480. The van der Waals surface area contributed by atoms with Gasteiger partial charge in [-0.05, 0) is 37.7 Å². The van der Waals surface area contributed by atoms with Crippen molar-refractivity contribution < 1.29 is 9.90 Å². The lowest BCUT2D eigenvalue weighted by molar-refractivity contribution is 0.0942. The molecule has 0 heterocycles. The van der Waals surface area contributed by atoms with E-state index >= 15 is 0 Å². The molecule has 0 aliphatic rings. The molecule has 1 aromatic carbocycles. The Bertz CT molecular complexity index is 391. The van der Waals surface area contributed by atoms with Crippen molar-refractivity contribution in [3.05, 3.63) is 35.4 Å². The summed E-state index contributed by atoms with van der Waals surface area (Å²) in [6.07, 6.45) is 0. The SMILES string of the molecule is CC(CO)CNC(=O)c1cccc(CN(C)C)c1. The van der Waals surface area contributed by atoms with Crippen molar-refractivity contribution in [2.24, 2.45) is 5.92 Å². The Morgan fingerprint density at radius 1 is 1.44 bits per heavy atom. The molecule has 100 valence electrons. The van der Waals surface area contributed by atoms with E-state index in [0.29, 0.717) is 12.1 Å². The number of aliphatic hydroxyl groups is 1. The number of carbonyl (C=O) groups excluding carboxylic acids is 1. The summed E-state index contributed by atoms with van der Waals surface area (Å²) in [5.41, 5.74) is 1.78. The fourth-order valence-corrected chi connectivity index (χ4v) is 1.61. The molecular weight excluding hydrogens is 228 g/mol. The lowest BCUT2D eigenvalue weighted by atomic mass is 10.1. The van der Waals surface area contributed by atoms with Crippen LogP contribution in [0.5, 0.6) is 0 Å². The maximum Gasteiger partial charge on any atom is 0.251 e. The molecule has 1 atom stereocenters. The van der Waals surface area contributed by atoms with Gasteiger partial charge in [0.05, 0.1) is 0 Å². The zero-order chi connectivity index (χ0) is 13.5. The Morgan fingerprint density at radius 3 is 2.78 bits per heavy atom. The van der Waals surface area contributed by atoms with Crippen LogP contribution in [0.25, 0.3) is 0 Å². The van der Waals surface area contributed by atoms with E-state index in [1.54, 1.807) is 6.07 Å². The van der Waals surface area contributed by atoms with Crippen LogP contribution in [0, 0.1) is 5.92 Å². The van der Waals surface area contributed by atoms with Crippen LogP contribution < -0.4 is 5.32 Å². The van der Waals surface area contributed by atoms with Crippen molar-refractivity contribution in [3.63, 3.8) is 0 Å². The topological polar surface area (TPSA) is 52.6 Å². The molecule has 0 saturated carbocycles. The van der Waals surface area contributed by atoms with Crippen LogP contribution in [0.1, 0.15) is 22.8 Å². The predicted molar refractivity (Wildman–Crippen MR) is 72.4 cm³/mol. The first kappa shape index (κ1) is 14.7. The van der Waals surface area contributed by atoms with Gasteiger partial charge in [-0.2, -0.15) is 0 Å². The summed E-state index contributed by atoms with van der Waals surface area (Å²) < 4.78 is 0. The van der Waals surface area contributed by atoms with E-state index in [-0.39, 0.29) is 18.4 Å². The third-order valence-corrected chi connectivity index (χ3v) is 2.61. The zero-order valence-corrected chi connectivity index (χ0v) is 11.3. The van der Waals surface area contributed by atoms with Gasteiger partial charge in [-0.3, -0.25) is 4.79 Å². The first-order chi connectivity index (χ1) is 8.52. The minimum atomic E-state index is -0.0871. The standard InChI is InChI=1S/C14H22N2O2/c1-11(10-17)8-15-14(18)13-6-4-5-12(7-13)9-16(2)3/h4-7,11,17H,8-10H2,1-3H3,(H,15,18). The molecule has 1 aromatic rings. The highest BCUT2D eigenvalue weighted by Gasteiger charge is 2.08. The van der Waals surface area contributed by atoms with E-state index in [1.807, 2.05) is 39.2 Å². The van der Waals surface area contributed by atoms with Crippen LogP contribution in [-0.2, 0) is 6.54 Å². The van der Waals surface area contributed by atoms with Gasteiger partial charge in [0.2, 0.25) is 0 Å². The quantitative estimate of drug-likeness (QED) is 0.795. The average Bonchev–Trinajstić information content (AvgIpc) is 2.35. The van der Waals surface area contributed by atoms with Gasteiger partial charge < -0.3 is 15.3 Å². The van der Waals surface area contributed by atoms with Crippen molar-refractivity contribution in [1.82, 2.24) is 10.2 Å². The second-order valence-electron chi connectivity index (χ2n) is 4.94. The molecule has 4 nitrogen and oxygen atoms in total.